The van der Waals surface area contributed by atoms with Gasteiger partial charge in [-0.1, -0.05) is 18.2 Å². The van der Waals surface area contributed by atoms with Crippen molar-refractivity contribution in [3.63, 3.8) is 0 Å². The molecule has 0 spiro atoms. The first kappa shape index (κ1) is 23.9. The summed E-state index contributed by atoms with van der Waals surface area (Å²) in [5.74, 6) is 0.224. The molecular weight excluding hydrogens is 480 g/mol. The van der Waals surface area contributed by atoms with Gasteiger partial charge in [0.05, 0.1) is 25.7 Å². The van der Waals surface area contributed by atoms with E-state index >= 15 is 0 Å². The van der Waals surface area contributed by atoms with Crippen LogP contribution in [0.5, 0.6) is 5.88 Å². The second kappa shape index (κ2) is 10.4. The summed E-state index contributed by atoms with van der Waals surface area (Å²) in [4.78, 5) is 34.8. The Hall–Kier alpha value is -4.80. The monoisotopic (exact) mass is 504 g/mol. The molecule has 1 fully saturated rings. The number of aromatic nitrogens is 2. The van der Waals surface area contributed by atoms with E-state index in [4.69, 9.17) is 18.9 Å². The number of cyclic esters (lactones) is 1. The second-order valence-corrected chi connectivity index (χ2v) is 8.31. The number of methoxy groups -OCH3 is 1. The van der Waals surface area contributed by atoms with Crippen LogP contribution in [-0.2, 0) is 19.0 Å². The molecule has 0 radical (unpaired) electrons. The molecule has 5 rings (SSSR count). The largest absolute Gasteiger partial charge is 0.507 e. The molecule has 2 N–H and O–H groups in total. The van der Waals surface area contributed by atoms with Gasteiger partial charge in [-0.05, 0) is 30.5 Å². The van der Waals surface area contributed by atoms with Gasteiger partial charge in [-0.15, -0.1) is 0 Å². The Morgan fingerprint density at radius 3 is 3.03 bits per heavy atom. The summed E-state index contributed by atoms with van der Waals surface area (Å²) < 4.78 is 21.8. The smallest absolute Gasteiger partial charge is 0.417 e. The van der Waals surface area contributed by atoms with E-state index in [-0.39, 0.29) is 24.7 Å². The summed E-state index contributed by atoms with van der Waals surface area (Å²) in [6.07, 6.45) is 11.8. The minimum Gasteiger partial charge on any atom is -0.507 e. The van der Waals surface area contributed by atoms with Crippen LogP contribution in [0.3, 0.4) is 0 Å². The maximum Gasteiger partial charge on any atom is 0.417 e. The molecule has 3 aliphatic rings. The summed E-state index contributed by atoms with van der Waals surface area (Å²) in [6, 6.07) is 4.91. The Balaban J connectivity index is 1.19. The van der Waals surface area contributed by atoms with E-state index in [0.29, 0.717) is 28.2 Å². The van der Waals surface area contributed by atoms with Gasteiger partial charge in [-0.3, -0.25) is 9.78 Å². The third kappa shape index (κ3) is 5.25. The number of fused-ring (bicyclic) bond motifs is 1. The molecule has 0 bridgehead atoms. The lowest BCUT2D eigenvalue weighted by molar-refractivity contribution is -0.116. The van der Waals surface area contributed by atoms with Crippen LogP contribution >= 0.6 is 0 Å². The number of nitrogens with zero attached hydrogens (tertiary/aromatic N) is 3. The Morgan fingerprint density at radius 2 is 2.22 bits per heavy atom. The average molecular weight is 504 g/mol. The number of carbonyl (C=O) groups excluding carboxylic acids is 2. The van der Waals surface area contributed by atoms with Crippen molar-refractivity contribution in [1.82, 2.24) is 20.2 Å². The van der Waals surface area contributed by atoms with E-state index in [0.717, 1.165) is 24.5 Å². The molecule has 2 amide bonds. The zero-order valence-electron chi connectivity index (χ0n) is 19.9. The molecule has 0 aromatic carbocycles. The zero-order valence-corrected chi connectivity index (χ0v) is 19.9. The van der Waals surface area contributed by atoms with Gasteiger partial charge >= 0.3 is 6.09 Å². The lowest BCUT2D eigenvalue weighted by Crippen LogP contribution is -2.34. The number of carbonyl (C=O) groups is 2. The number of allylic oxidation sites excluding steroid dienone is 4. The number of aliphatic hydroxyl groups excluding tert-OH is 1. The average Bonchev–Trinajstić information content (AvgIpc) is 3.32. The van der Waals surface area contributed by atoms with Crippen LogP contribution in [0.15, 0.2) is 78.4 Å². The highest BCUT2D eigenvalue weighted by Crippen LogP contribution is 2.29. The molecule has 0 unspecified atom stereocenters. The quantitative estimate of drug-likeness (QED) is 0.430. The summed E-state index contributed by atoms with van der Waals surface area (Å²) in [5.41, 5.74) is 2.22. The fraction of sp³-hybridized carbons (Fsp3) is 0.231. The SMILES string of the molecule is COc1ccc2nccc(/C(O)=C\C(=O)NC[C@@H]3CN(C4=COC=C(C5=CC=CCC5)O4)C(=O)O3)c2n1. The van der Waals surface area contributed by atoms with Crippen molar-refractivity contribution in [3.05, 3.63) is 84.0 Å². The van der Waals surface area contributed by atoms with Crippen LogP contribution in [0, 0.1) is 0 Å². The lowest BCUT2D eigenvalue weighted by atomic mass is 10.0. The fourth-order valence-corrected chi connectivity index (χ4v) is 3.99. The predicted molar refractivity (Wildman–Crippen MR) is 131 cm³/mol. The molecule has 0 saturated carbocycles. The van der Waals surface area contributed by atoms with Crippen LogP contribution in [-0.4, -0.2) is 58.3 Å². The Kier molecular flexibility index (Phi) is 6.75. The van der Waals surface area contributed by atoms with E-state index in [1.54, 1.807) is 18.2 Å². The molecule has 11 heteroatoms. The van der Waals surface area contributed by atoms with Crippen LogP contribution in [0.1, 0.15) is 18.4 Å². The van der Waals surface area contributed by atoms with Crippen molar-refractivity contribution in [2.45, 2.75) is 18.9 Å². The molecular formula is C26H24N4O7. The fourth-order valence-electron chi connectivity index (χ4n) is 3.99. The number of hydrogen-bond donors (Lipinski definition) is 2. The Morgan fingerprint density at radius 1 is 1.32 bits per heavy atom. The zero-order chi connectivity index (χ0) is 25.8. The number of amides is 2. The number of pyridine rings is 2. The van der Waals surface area contributed by atoms with Crippen molar-refractivity contribution in [2.24, 2.45) is 0 Å². The van der Waals surface area contributed by atoms with E-state index in [1.807, 2.05) is 12.2 Å². The molecule has 1 aliphatic carbocycles. The first-order valence-electron chi connectivity index (χ1n) is 11.6. The Labute approximate surface area is 212 Å². The third-order valence-corrected chi connectivity index (χ3v) is 5.84. The van der Waals surface area contributed by atoms with Crippen LogP contribution < -0.4 is 10.1 Å². The number of nitrogens with one attached hydrogen (secondary N) is 1. The van der Waals surface area contributed by atoms with Crippen LogP contribution in [0.4, 0.5) is 4.79 Å². The van der Waals surface area contributed by atoms with Crippen molar-refractivity contribution in [1.29, 1.82) is 0 Å². The third-order valence-electron chi connectivity index (χ3n) is 5.84. The molecule has 1 saturated heterocycles. The number of aliphatic hydroxyl groups is 1. The van der Waals surface area contributed by atoms with Crippen molar-refractivity contribution in [2.75, 3.05) is 20.2 Å². The highest BCUT2D eigenvalue weighted by molar-refractivity contribution is 5.97. The maximum absolute atomic E-state index is 12.5. The van der Waals surface area contributed by atoms with Gasteiger partial charge in [0.1, 0.15) is 23.6 Å². The Bertz CT molecular complexity index is 1390. The van der Waals surface area contributed by atoms with Crippen LogP contribution in [0.25, 0.3) is 16.8 Å². The number of ether oxygens (including phenoxy) is 4. The van der Waals surface area contributed by atoms with E-state index in [9.17, 15) is 14.7 Å². The topological polar surface area (TPSA) is 132 Å². The van der Waals surface area contributed by atoms with Gasteiger partial charge in [0.15, 0.2) is 12.0 Å². The predicted octanol–water partition coefficient (Wildman–Crippen LogP) is 3.44. The van der Waals surface area contributed by atoms with Gasteiger partial charge in [-0.2, -0.15) is 0 Å². The molecule has 2 aromatic heterocycles. The number of rotatable bonds is 7. The van der Waals surface area contributed by atoms with Crippen molar-refractivity contribution >= 4 is 28.8 Å². The molecule has 37 heavy (non-hydrogen) atoms. The van der Waals surface area contributed by atoms with E-state index in [2.05, 4.69) is 21.4 Å². The van der Waals surface area contributed by atoms with Crippen LogP contribution in [0.2, 0.25) is 0 Å². The standard InChI is InChI=1S/C26H24N4O7/c1-34-23-8-7-19-25(29-23)18(9-10-27-19)20(31)11-22(32)28-12-17-13-30(26(33)36-17)24-15-35-14-21(37-24)16-5-3-2-4-6-16/h2-3,5,7-11,14-15,17,31H,4,6,12-13H2,1H3,(H,28,32)/b20-11+/t17-/m1/s1. The summed E-state index contributed by atoms with van der Waals surface area (Å²) in [5, 5.41) is 13.2. The van der Waals surface area contributed by atoms with Gasteiger partial charge in [0, 0.05) is 23.9 Å². The maximum atomic E-state index is 12.5. The van der Waals surface area contributed by atoms with Gasteiger partial charge in [0.2, 0.25) is 17.7 Å². The molecule has 1 atom stereocenters. The molecule has 11 nitrogen and oxygen atoms in total. The molecule has 4 heterocycles. The molecule has 2 aliphatic heterocycles. The summed E-state index contributed by atoms with van der Waals surface area (Å²) in [7, 11) is 1.48. The lowest BCUT2D eigenvalue weighted by Gasteiger charge is -2.23. The van der Waals surface area contributed by atoms with Crippen molar-refractivity contribution in [3.8, 4) is 5.88 Å². The van der Waals surface area contributed by atoms with E-state index < -0.39 is 18.1 Å². The summed E-state index contributed by atoms with van der Waals surface area (Å²) >= 11 is 0. The minimum atomic E-state index is -0.629. The van der Waals surface area contributed by atoms with Gasteiger partial charge < -0.3 is 29.4 Å². The first-order valence-corrected chi connectivity index (χ1v) is 11.6. The molecule has 2 aromatic rings. The van der Waals surface area contributed by atoms with Gasteiger partial charge in [-0.25, -0.2) is 14.7 Å². The van der Waals surface area contributed by atoms with Crippen molar-refractivity contribution < 1.29 is 33.6 Å². The molecule has 190 valence electrons. The highest BCUT2D eigenvalue weighted by atomic mass is 16.6. The first-order chi connectivity index (χ1) is 18.0. The second-order valence-electron chi connectivity index (χ2n) is 8.31. The normalized spacial score (nSPS) is 19.3. The number of hydrogen-bond acceptors (Lipinski definition) is 9. The highest BCUT2D eigenvalue weighted by Gasteiger charge is 2.36. The summed E-state index contributed by atoms with van der Waals surface area (Å²) in [6.45, 7) is 0.176. The van der Waals surface area contributed by atoms with E-state index in [1.165, 1.54) is 30.7 Å². The van der Waals surface area contributed by atoms with Gasteiger partial charge in [0.25, 0.3) is 0 Å². The minimum absolute atomic E-state index is 0.0286.